The number of rotatable bonds is 0. The van der Waals surface area contributed by atoms with Gasteiger partial charge in [0.05, 0.1) is 0 Å². The summed E-state index contributed by atoms with van der Waals surface area (Å²) in [5, 5.41) is 0.644. The monoisotopic (exact) mass is 245 g/mol. The van der Waals surface area contributed by atoms with Gasteiger partial charge in [-0.15, -0.1) is 0 Å². The van der Waals surface area contributed by atoms with Crippen molar-refractivity contribution in [2.75, 3.05) is 0 Å². The Morgan fingerprint density at radius 1 is 1.50 bits per heavy atom. The molecule has 2 nitrogen and oxygen atoms in total. The van der Waals surface area contributed by atoms with Crippen molar-refractivity contribution in [3.05, 3.63) is 27.5 Å². The lowest BCUT2D eigenvalue weighted by atomic mass is 10.3. The van der Waals surface area contributed by atoms with Crippen molar-refractivity contribution < 1.29 is 4.42 Å². The van der Waals surface area contributed by atoms with Gasteiger partial charge in [-0.1, -0.05) is 11.6 Å². The summed E-state index contributed by atoms with van der Waals surface area (Å²) < 4.78 is 6.17. The van der Waals surface area contributed by atoms with Gasteiger partial charge in [-0.05, 0) is 22.0 Å². The molecular weight excluding hydrogens is 241 g/mol. The molecule has 2 rings (SSSR count). The van der Waals surface area contributed by atoms with Crippen LogP contribution in [0.15, 0.2) is 21.0 Å². The van der Waals surface area contributed by atoms with E-state index < -0.39 is 0 Å². The molecule has 2 aromatic rings. The second kappa shape index (κ2) is 2.75. The van der Waals surface area contributed by atoms with E-state index in [1.54, 1.807) is 19.1 Å². The lowest BCUT2D eigenvalue weighted by molar-refractivity contribution is 0.561. The first kappa shape index (κ1) is 8.08. The van der Waals surface area contributed by atoms with Gasteiger partial charge in [0, 0.05) is 22.5 Å². The second-order valence-electron chi connectivity index (χ2n) is 2.47. The van der Waals surface area contributed by atoms with Crippen LogP contribution in [0, 0.1) is 6.92 Å². The Hall–Kier alpha value is -0.540. The van der Waals surface area contributed by atoms with Crippen LogP contribution in [-0.2, 0) is 0 Å². The molecule has 0 radical (unpaired) electrons. The SMILES string of the molecule is Cc1nc2c(Br)cc(Cl)cc2o1. The highest BCUT2D eigenvalue weighted by Gasteiger charge is 2.06. The van der Waals surface area contributed by atoms with E-state index >= 15 is 0 Å². The highest BCUT2D eigenvalue weighted by molar-refractivity contribution is 9.10. The molecule has 1 aromatic heterocycles. The minimum absolute atomic E-state index is 0.644. The Kier molecular flexibility index (Phi) is 1.85. The van der Waals surface area contributed by atoms with Crippen LogP contribution in [-0.4, -0.2) is 4.98 Å². The summed E-state index contributed by atoms with van der Waals surface area (Å²) in [5.74, 6) is 0.646. The lowest BCUT2D eigenvalue weighted by Crippen LogP contribution is -1.71. The van der Waals surface area contributed by atoms with Crippen LogP contribution in [0.4, 0.5) is 0 Å². The average Bonchev–Trinajstić information content (AvgIpc) is 2.29. The van der Waals surface area contributed by atoms with Crippen LogP contribution in [0.25, 0.3) is 11.1 Å². The smallest absolute Gasteiger partial charge is 0.192 e. The number of benzene rings is 1. The van der Waals surface area contributed by atoms with E-state index in [4.69, 9.17) is 16.0 Å². The highest BCUT2D eigenvalue weighted by Crippen LogP contribution is 2.27. The molecule has 0 amide bonds. The van der Waals surface area contributed by atoms with E-state index in [1.165, 1.54) is 0 Å². The Bertz CT molecular complexity index is 438. The fraction of sp³-hybridized carbons (Fsp3) is 0.125. The summed E-state index contributed by atoms with van der Waals surface area (Å²) in [4.78, 5) is 4.18. The minimum Gasteiger partial charge on any atom is -0.441 e. The van der Waals surface area contributed by atoms with Gasteiger partial charge < -0.3 is 4.42 Å². The summed E-state index contributed by atoms with van der Waals surface area (Å²) in [7, 11) is 0. The molecule has 0 aliphatic heterocycles. The van der Waals surface area contributed by atoms with Crippen molar-refractivity contribution in [3.63, 3.8) is 0 Å². The van der Waals surface area contributed by atoms with Crippen LogP contribution in [0.1, 0.15) is 5.89 Å². The Labute approximate surface area is 82.7 Å². The van der Waals surface area contributed by atoms with Crippen LogP contribution in [0.2, 0.25) is 5.02 Å². The number of fused-ring (bicyclic) bond motifs is 1. The molecule has 0 fully saturated rings. The zero-order valence-corrected chi connectivity index (χ0v) is 8.61. The van der Waals surface area contributed by atoms with Gasteiger partial charge in [0.25, 0.3) is 0 Å². The Balaban J connectivity index is 2.88. The summed E-state index contributed by atoms with van der Waals surface area (Å²) in [6.45, 7) is 1.81. The molecule has 0 spiro atoms. The van der Waals surface area contributed by atoms with Crippen LogP contribution in [0.5, 0.6) is 0 Å². The maximum atomic E-state index is 5.82. The van der Waals surface area contributed by atoms with Gasteiger partial charge in [-0.25, -0.2) is 4.98 Å². The quantitative estimate of drug-likeness (QED) is 0.710. The molecule has 0 aliphatic rings. The fourth-order valence-electron chi connectivity index (χ4n) is 1.07. The molecule has 0 saturated carbocycles. The molecule has 0 aliphatic carbocycles. The number of nitrogens with zero attached hydrogens (tertiary/aromatic N) is 1. The van der Waals surface area contributed by atoms with Crippen LogP contribution >= 0.6 is 27.5 Å². The van der Waals surface area contributed by atoms with Crippen LogP contribution in [0.3, 0.4) is 0 Å². The maximum absolute atomic E-state index is 5.82. The molecule has 62 valence electrons. The molecule has 4 heteroatoms. The molecule has 12 heavy (non-hydrogen) atoms. The second-order valence-corrected chi connectivity index (χ2v) is 3.76. The number of oxazole rings is 1. The first-order chi connectivity index (χ1) is 5.66. The van der Waals surface area contributed by atoms with Gasteiger partial charge in [0.15, 0.2) is 11.5 Å². The largest absolute Gasteiger partial charge is 0.441 e. The van der Waals surface area contributed by atoms with E-state index in [0.717, 1.165) is 9.99 Å². The van der Waals surface area contributed by atoms with E-state index in [2.05, 4.69) is 20.9 Å². The number of aryl methyl sites for hydroxylation is 1. The molecule has 0 N–H and O–H groups in total. The normalized spacial score (nSPS) is 10.9. The predicted molar refractivity (Wildman–Crippen MR) is 51.5 cm³/mol. The summed E-state index contributed by atoms with van der Waals surface area (Å²) >= 11 is 9.17. The van der Waals surface area contributed by atoms with Crippen molar-refractivity contribution in [1.29, 1.82) is 0 Å². The van der Waals surface area contributed by atoms with Gasteiger partial charge in [-0.3, -0.25) is 0 Å². The molecule has 1 heterocycles. The minimum atomic E-state index is 0.644. The number of halogens is 2. The third-order valence-corrected chi connectivity index (χ3v) is 2.34. The van der Waals surface area contributed by atoms with Gasteiger partial charge >= 0.3 is 0 Å². The van der Waals surface area contributed by atoms with Gasteiger partial charge in [0.2, 0.25) is 0 Å². The van der Waals surface area contributed by atoms with E-state index in [0.29, 0.717) is 16.5 Å². The van der Waals surface area contributed by atoms with Gasteiger partial charge in [-0.2, -0.15) is 0 Å². The summed E-state index contributed by atoms with van der Waals surface area (Å²) in [6, 6.07) is 3.55. The van der Waals surface area contributed by atoms with Crippen molar-refractivity contribution in [3.8, 4) is 0 Å². The van der Waals surface area contributed by atoms with Gasteiger partial charge in [0.1, 0.15) is 5.52 Å². The molecule has 1 aromatic carbocycles. The molecule has 0 unspecified atom stereocenters. The average molecular weight is 246 g/mol. The molecule has 0 atom stereocenters. The first-order valence-electron chi connectivity index (χ1n) is 3.39. The van der Waals surface area contributed by atoms with Crippen molar-refractivity contribution in [1.82, 2.24) is 4.98 Å². The summed E-state index contributed by atoms with van der Waals surface area (Å²) in [6.07, 6.45) is 0. The number of hydrogen-bond acceptors (Lipinski definition) is 2. The Morgan fingerprint density at radius 3 is 3.00 bits per heavy atom. The number of hydrogen-bond donors (Lipinski definition) is 0. The molecule has 0 bridgehead atoms. The Morgan fingerprint density at radius 2 is 2.25 bits per heavy atom. The first-order valence-corrected chi connectivity index (χ1v) is 4.56. The van der Waals surface area contributed by atoms with E-state index in [9.17, 15) is 0 Å². The van der Waals surface area contributed by atoms with Crippen molar-refractivity contribution in [2.45, 2.75) is 6.92 Å². The van der Waals surface area contributed by atoms with Crippen molar-refractivity contribution in [2.24, 2.45) is 0 Å². The topological polar surface area (TPSA) is 26.0 Å². The number of aromatic nitrogens is 1. The maximum Gasteiger partial charge on any atom is 0.192 e. The van der Waals surface area contributed by atoms with E-state index in [1.807, 2.05) is 0 Å². The summed E-state index contributed by atoms with van der Waals surface area (Å²) in [5.41, 5.74) is 1.53. The standard InChI is InChI=1S/C8H5BrClNO/c1-4-11-8-6(9)2-5(10)3-7(8)12-4/h2-3H,1H3. The third-order valence-electron chi connectivity index (χ3n) is 1.52. The van der Waals surface area contributed by atoms with E-state index in [-0.39, 0.29) is 0 Å². The molecular formula is C8H5BrClNO. The third kappa shape index (κ3) is 1.23. The predicted octanol–water partition coefficient (Wildman–Crippen LogP) is 3.55. The zero-order chi connectivity index (χ0) is 8.72. The van der Waals surface area contributed by atoms with Crippen LogP contribution < -0.4 is 0 Å². The lowest BCUT2D eigenvalue weighted by Gasteiger charge is -1.91. The van der Waals surface area contributed by atoms with Crippen molar-refractivity contribution >= 4 is 38.6 Å². The molecule has 0 saturated heterocycles. The highest BCUT2D eigenvalue weighted by atomic mass is 79.9. The zero-order valence-electron chi connectivity index (χ0n) is 6.27. The fourth-order valence-corrected chi connectivity index (χ4v) is 1.94.